The van der Waals surface area contributed by atoms with E-state index in [-0.39, 0.29) is 11.9 Å². The van der Waals surface area contributed by atoms with E-state index in [0.29, 0.717) is 6.10 Å². The van der Waals surface area contributed by atoms with Gasteiger partial charge in [-0.25, -0.2) is 0 Å². The Kier molecular flexibility index (Phi) is 4.36. The molecule has 2 unspecified atom stereocenters. The Morgan fingerprint density at radius 2 is 2.12 bits per heavy atom. The largest absolute Gasteiger partial charge is 0.377 e. The van der Waals surface area contributed by atoms with Gasteiger partial charge in [-0.05, 0) is 19.8 Å². The van der Waals surface area contributed by atoms with Gasteiger partial charge in [-0.1, -0.05) is 0 Å². The van der Waals surface area contributed by atoms with E-state index in [0.717, 1.165) is 39.3 Å². The summed E-state index contributed by atoms with van der Waals surface area (Å²) in [6, 6.07) is -0.375. The third-order valence-corrected chi connectivity index (χ3v) is 3.56. The molecule has 2 aliphatic heterocycles. The number of amides is 1. The Hall–Kier alpha value is -0.650. The quantitative estimate of drug-likeness (QED) is 0.734. The zero-order chi connectivity index (χ0) is 12.3. The van der Waals surface area contributed by atoms with Crippen LogP contribution >= 0.6 is 0 Å². The summed E-state index contributed by atoms with van der Waals surface area (Å²) in [6.45, 7) is 7.16. The minimum Gasteiger partial charge on any atom is -0.377 e. The summed E-state index contributed by atoms with van der Waals surface area (Å²) in [4.78, 5) is 16.0. The van der Waals surface area contributed by atoms with Crippen molar-refractivity contribution in [2.24, 2.45) is 5.73 Å². The summed E-state index contributed by atoms with van der Waals surface area (Å²) in [5.41, 5.74) is 5.61. The molecular formula is C12H23N3O2. The number of rotatable bonds is 3. The molecule has 0 aliphatic carbocycles. The second-order valence-corrected chi connectivity index (χ2v) is 5.05. The standard InChI is InChI=1S/C12H23N3O2/c1-10(13)12(16)15-6-4-14(5-7-15)9-11-3-2-8-17-11/h10-11H,2-9,13H2,1H3. The zero-order valence-corrected chi connectivity index (χ0v) is 10.6. The van der Waals surface area contributed by atoms with Crippen LogP contribution in [0, 0.1) is 0 Å². The molecule has 2 saturated heterocycles. The van der Waals surface area contributed by atoms with Crippen molar-refractivity contribution in [1.82, 2.24) is 9.80 Å². The Morgan fingerprint density at radius 1 is 1.41 bits per heavy atom. The number of hydrogen-bond acceptors (Lipinski definition) is 4. The molecule has 1 amide bonds. The fourth-order valence-electron chi connectivity index (χ4n) is 2.52. The maximum Gasteiger partial charge on any atom is 0.239 e. The van der Waals surface area contributed by atoms with E-state index >= 15 is 0 Å². The van der Waals surface area contributed by atoms with Crippen molar-refractivity contribution < 1.29 is 9.53 Å². The summed E-state index contributed by atoms with van der Waals surface area (Å²) in [5.74, 6) is 0.0711. The molecule has 0 saturated carbocycles. The molecule has 5 heteroatoms. The highest BCUT2D eigenvalue weighted by Crippen LogP contribution is 2.14. The third-order valence-electron chi connectivity index (χ3n) is 3.56. The average molecular weight is 241 g/mol. The lowest BCUT2D eigenvalue weighted by molar-refractivity contribution is -0.134. The van der Waals surface area contributed by atoms with Crippen molar-refractivity contribution in [3.63, 3.8) is 0 Å². The van der Waals surface area contributed by atoms with Crippen LogP contribution in [0.4, 0.5) is 0 Å². The van der Waals surface area contributed by atoms with Crippen molar-refractivity contribution in [3.8, 4) is 0 Å². The van der Waals surface area contributed by atoms with Gasteiger partial charge in [0.15, 0.2) is 0 Å². The molecule has 0 aromatic heterocycles. The number of piperazine rings is 1. The van der Waals surface area contributed by atoms with Crippen LogP contribution in [0.2, 0.25) is 0 Å². The van der Waals surface area contributed by atoms with Crippen molar-refractivity contribution in [3.05, 3.63) is 0 Å². The van der Waals surface area contributed by atoms with Gasteiger partial charge in [0, 0.05) is 39.3 Å². The Labute approximate surface area is 103 Å². The number of carbonyl (C=O) groups excluding carboxylic acids is 1. The molecule has 98 valence electrons. The topological polar surface area (TPSA) is 58.8 Å². The minimum absolute atomic E-state index is 0.0711. The number of nitrogens with zero attached hydrogens (tertiary/aromatic N) is 2. The van der Waals surface area contributed by atoms with E-state index in [4.69, 9.17) is 10.5 Å². The lowest BCUT2D eigenvalue weighted by Gasteiger charge is -2.36. The van der Waals surface area contributed by atoms with Gasteiger partial charge >= 0.3 is 0 Å². The second kappa shape index (κ2) is 5.80. The van der Waals surface area contributed by atoms with Gasteiger partial charge in [0.1, 0.15) is 0 Å². The first-order valence-corrected chi connectivity index (χ1v) is 6.55. The fraction of sp³-hybridized carbons (Fsp3) is 0.917. The molecule has 2 heterocycles. The lowest BCUT2D eigenvalue weighted by atomic mass is 10.2. The zero-order valence-electron chi connectivity index (χ0n) is 10.6. The smallest absolute Gasteiger partial charge is 0.239 e. The van der Waals surface area contributed by atoms with E-state index in [9.17, 15) is 4.79 Å². The van der Waals surface area contributed by atoms with Crippen LogP contribution < -0.4 is 5.73 Å². The van der Waals surface area contributed by atoms with E-state index in [1.165, 1.54) is 12.8 Å². The van der Waals surface area contributed by atoms with Gasteiger partial charge in [-0.2, -0.15) is 0 Å². The van der Waals surface area contributed by atoms with E-state index < -0.39 is 0 Å². The predicted octanol–water partition coefficient (Wildman–Crippen LogP) is -0.343. The van der Waals surface area contributed by atoms with Crippen LogP contribution in [-0.4, -0.2) is 67.2 Å². The monoisotopic (exact) mass is 241 g/mol. The molecule has 0 aromatic rings. The normalized spacial score (nSPS) is 28.4. The minimum atomic E-state index is -0.375. The molecule has 2 N–H and O–H groups in total. The summed E-state index contributed by atoms with van der Waals surface area (Å²) >= 11 is 0. The molecule has 0 radical (unpaired) electrons. The lowest BCUT2D eigenvalue weighted by Crippen LogP contribution is -2.53. The Bertz CT molecular complexity index is 256. The van der Waals surface area contributed by atoms with Gasteiger partial charge in [0.2, 0.25) is 5.91 Å². The van der Waals surface area contributed by atoms with Crippen LogP contribution in [-0.2, 0) is 9.53 Å². The number of nitrogens with two attached hydrogens (primary N) is 1. The molecule has 2 fully saturated rings. The van der Waals surface area contributed by atoms with Gasteiger partial charge in [-0.15, -0.1) is 0 Å². The molecule has 0 aromatic carbocycles. The number of carbonyl (C=O) groups is 1. The molecule has 5 nitrogen and oxygen atoms in total. The van der Waals surface area contributed by atoms with Crippen LogP contribution in [0.15, 0.2) is 0 Å². The van der Waals surface area contributed by atoms with Crippen LogP contribution in [0.25, 0.3) is 0 Å². The number of hydrogen-bond donors (Lipinski definition) is 1. The Morgan fingerprint density at radius 3 is 2.65 bits per heavy atom. The molecule has 17 heavy (non-hydrogen) atoms. The average Bonchev–Trinajstić information content (AvgIpc) is 2.82. The van der Waals surface area contributed by atoms with Crippen molar-refractivity contribution >= 4 is 5.91 Å². The van der Waals surface area contributed by atoms with Gasteiger partial charge in [0.05, 0.1) is 12.1 Å². The Balaban J connectivity index is 1.72. The molecule has 0 bridgehead atoms. The molecular weight excluding hydrogens is 218 g/mol. The highest BCUT2D eigenvalue weighted by molar-refractivity contribution is 5.81. The summed E-state index contributed by atoms with van der Waals surface area (Å²) in [7, 11) is 0. The first-order valence-electron chi connectivity index (χ1n) is 6.55. The van der Waals surface area contributed by atoms with Crippen LogP contribution in [0.1, 0.15) is 19.8 Å². The van der Waals surface area contributed by atoms with Crippen molar-refractivity contribution in [2.45, 2.75) is 31.9 Å². The maximum atomic E-state index is 11.7. The van der Waals surface area contributed by atoms with Crippen molar-refractivity contribution in [1.29, 1.82) is 0 Å². The van der Waals surface area contributed by atoms with E-state index in [1.54, 1.807) is 6.92 Å². The van der Waals surface area contributed by atoms with Gasteiger partial charge in [0.25, 0.3) is 0 Å². The summed E-state index contributed by atoms with van der Waals surface area (Å²) < 4.78 is 5.63. The SMILES string of the molecule is CC(N)C(=O)N1CCN(CC2CCCO2)CC1. The highest BCUT2D eigenvalue weighted by Gasteiger charge is 2.25. The summed E-state index contributed by atoms with van der Waals surface area (Å²) in [6.07, 6.45) is 2.78. The van der Waals surface area contributed by atoms with E-state index in [1.807, 2.05) is 4.90 Å². The molecule has 0 spiro atoms. The number of ether oxygens (including phenoxy) is 1. The molecule has 2 atom stereocenters. The molecule has 2 rings (SSSR count). The van der Waals surface area contributed by atoms with Crippen LogP contribution in [0.5, 0.6) is 0 Å². The first-order chi connectivity index (χ1) is 8.16. The molecule has 2 aliphatic rings. The maximum absolute atomic E-state index is 11.7. The fourth-order valence-corrected chi connectivity index (χ4v) is 2.52. The highest BCUT2D eigenvalue weighted by atomic mass is 16.5. The van der Waals surface area contributed by atoms with E-state index in [2.05, 4.69) is 4.90 Å². The predicted molar refractivity (Wildman–Crippen MR) is 65.6 cm³/mol. The second-order valence-electron chi connectivity index (χ2n) is 5.05. The van der Waals surface area contributed by atoms with Crippen LogP contribution in [0.3, 0.4) is 0 Å². The van der Waals surface area contributed by atoms with Gasteiger partial charge in [-0.3, -0.25) is 9.69 Å². The van der Waals surface area contributed by atoms with Crippen molar-refractivity contribution in [2.75, 3.05) is 39.3 Å². The first kappa shape index (κ1) is 12.8. The summed E-state index contributed by atoms with van der Waals surface area (Å²) in [5, 5.41) is 0. The van der Waals surface area contributed by atoms with Gasteiger partial charge < -0.3 is 15.4 Å². The third kappa shape index (κ3) is 3.40.